The maximum Gasteiger partial charge on any atom is 0.0635 e. The van der Waals surface area contributed by atoms with Crippen LogP contribution in [0.3, 0.4) is 0 Å². The molecular weight excluding hydrogens is 246 g/mol. The van der Waals surface area contributed by atoms with Crippen molar-refractivity contribution in [3.63, 3.8) is 0 Å². The molecule has 1 saturated heterocycles. The van der Waals surface area contributed by atoms with E-state index in [4.69, 9.17) is 17.3 Å². The Labute approximate surface area is 115 Å². The molecule has 4 heteroatoms. The second-order valence-electron chi connectivity index (χ2n) is 4.97. The SMILES string of the molecule is CCCN1CCN(Cc2ccc(Cl)c(N)c2)CC1. The van der Waals surface area contributed by atoms with Gasteiger partial charge in [0.2, 0.25) is 0 Å². The summed E-state index contributed by atoms with van der Waals surface area (Å²) >= 11 is 5.93. The van der Waals surface area contributed by atoms with E-state index in [0.717, 1.165) is 19.6 Å². The zero-order valence-corrected chi connectivity index (χ0v) is 11.8. The lowest BCUT2D eigenvalue weighted by Gasteiger charge is -2.34. The first-order valence-corrected chi connectivity index (χ1v) is 7.05. The monoisotopic (exact) mass is 267 g/mol. The number of hydrogen-bond acceptors (Lipinski definition) is 3. The lowest BCUT2D eigenvalue weighted by Crippen LogP contribution is -2.45. The fourth-order valence-corrected chi connectivity index (χ4v) is 2.55. The van der Waals surface area contributed by atoms with Gasteiger partial charge in [0.25, 0.3) is 0 Å². The first-order valence-electron chi connectivity index (χ1n) is 6.67. The molecule has 0 atom stereocenters. The van der Waals surface area contributed by atoms with Gasteiger partial charge in [-0.25, -0.2) is 0 Å². The molecule has 0 unspecified atom stereocenters. The molecular formula is C14H22ClN3. The van der Waals surface area contributed by atoms with E-state index >= 15 is 0 Å². The van der Waals surface area contributed by atoms with Crippen molar-refractivity contribution in [3.8, 4) is 0 Å². The van der Waals surface area contributed by atoms with Crippen LogP contribution in [0.4, 0.5) is 5.69 Å². The van der Waals surface area contributed by atoms with E-state index in [0.29, 0.717) is 10.7 Å². The predicted octanol–water partition coefficient (Wildman–Crippen LogP) is 2.45. The van der Waals surface area contributed by atoms with Crippen LogP contribution >= 0.6 is 11.6 Å². The van der Waals surface area contributed by atoms with Crippen LogP contribution < -0.4 is 5.73 Å². The van der Waals surface area contributed by atoms with E-state index in [-0.39, 0.29) is 0 Å². The van der Waals surface area contributed by atoms with Crippen LogP contribution in [-0.2, 0) is 6.54 Å². The smallest absolute Gasteiger partial charge is 0.0635 e. The third kappa shape index (κ3) is 3.61. The summed E-state index contributed by atoms with van der Waals surface area (Å²) in [4.78, 5) is 5.02. The molecule has 1 aromatic carbocycles. The molecule has 2 N–H and O–H groups in total. The summed E-state index contributed by atoms with van der Waals surface area (Å²) in [6.07, 6.45) is 1.24. The van der Waals surface area contributed by atoms with E-state index < -0.39 is 0 Å². The zero-order chi connectivity index (χ0) is 13.0. The Kier molecular flexibility index (Phi) is 4.87. The summed E-state index contributed by atoms with van der Waals surface area (Å²) in [5, 5.41) is 0.645. The number of nitrogens with zero attached hydrogens (tertiary/aromatic N) is 2. The summed E-state index contributed by atoms with van der Waals surface area (Å²) in [5.41, 5.74) is 7.76. The van der Waals surface area contributed by atoms with Crippen LogP contribution in [-0.4, -0.2) is 42.5 Å². The van der Waals surface area contributed by atoms with Gasteiger partial charge in [0.15, 0.2) is 0 Å². The van der Waals surface area contributed by atoms with Crippen molar-refractivity contribution in [3.05, 3.63) is 28.8 Å². The minimum Gasteiger partial charge on any atom is -0.398 e. The van der Waals surface area contributed by atoms with Crippen LogP contribution in [0.1, 0.15) is 18.9 Å². The molecule has 18 heavy (non-hydrogen) atoms. The molecule has 0 aromatic heterocycles. The highest BCUT2D eigenvalue weighted by Gasteiger charge is 2.16. The van der Waals surface area contributed by atoms with Crippen molar-refractivity contribution in [1.29, 1.82) is 0 Å². The number of nitrogen functional groups attached to an aromatic ring is 1. The van der Waals surface area contributed by atoms with Crippen LogP contribution in [0.25, 0.3) is 0 Å². The van der Waals surface area contributed by atoms with Crippen molar-refractivity contribution in [1.82, 2.24) is 9.80 Å². The second-order valence-corrected chi connectivity index (χ2v) is 5.38. The van der Waals surface area contributed by atoms with Crippen LogP contribution in [0.2, 0.25) is 5.02 Å². The van der Waals surface area contributed by atoms with Gasteiger partial charge in [-0.1, -0.05) is 24.6 Å². The van der Waals surface area contributed by atoms with Gasteiger partial charge >= 0.3 is 0 Å². The molecule has 1 aliphatic heterocycles. The molecule has 1 aliphatic rings. The fourth-order valence-electron chi connectivity index (χ4n) is 2.44. The minimum absolute atomic E-state index is 0.645. The number of halogens is 1. The van der Waals surface area contributed by atoms with Gasteiger partial charge in [-0.2, -0.15) is 0 Å². The molecule has 1 fully saturated rings. The van der Waals surface area contributed by atoms with Crippen molar-refractivity contribution in [2.45, 2.75) is 19.9 Å². The molecule has 100 valence electrons. The Morgan fingerprint density at radius 1 is 1.17 bits per heavy atom. The first kappa shape index (κ1) is 13.7. The van der Waals surface area contributed by atoms with E-state index in [1.807, 2.05) is 12.1 Å². The third-order valence-electron chi connectivity index (χ3n) is 3.47. The number of rotatable bonds is 4. The molecule has 0 saturated carbocycles. The average Bonchev–Trinajstić information content (AvgIpc) is 2.37. The summed E-state index contributed by atoms with van der Waals surface area (Å²) in [6, 6.07) is 5.94. The number of anilines is 1. The molecule has 0 amide bonds. The normalized spacial score (nSPS) is 18.1. The molecule has 2 rings (SSSR count). The largest absolute Gasteiger partial charge is 0.398 e. The van der Waals surface area contributed by atoms with Gasteiger partial charge in [-0.05, 0) is 30.7 Å². The Morgan fingerprint density at radius 2 is 1.83 bits per heavy atom. The van der Waals surface area contributed by atoms with Crippen molar-refractivity contribution < 1.29 is 0 Å². The highest BCUT2D eigenvalue weighted by atomic mass is 35.5. The first-order chi connectivity index (χ1) is 8.69. The number of piperazine rings is 1. The summed E-state index contributed by atoms with van der Waals surface area (Å²) in [6.45, 7) is 9.07. The summed E-state index contributed by atoms with van der Waals surface area (Å²) < 4.78 is 0. The van der Waals surface area contributed by atoms with Gasteiger partial charge in [-0.15, -0.1) is 0 Å². The van der Waals surface area contributed by atoms with E-state index in [9.17, 15) is 0 Å². The number of benzene rings is 1. The van der Waals surface area contributed by atoms with Gasteiger partial charge < -0.3 is 10.6 Å². The van der Waals surface area contributed by atoms with Crippen LogP contribution in [0, 0.1) is 0 Å². The van der Waals surface area contributed by atoms with Gasteiger partial charge in [0.05, 0.1) is 10.7 Å². The molecule has 0 aliphatic carbocycles. The van der Waals surface area contributed by atoms with E-state index in [1.54, 1.807) is 0 Å². The molecule has 0 radical (unpaired) electrons. The second kappa shape index (κ2) is 6.41. The highest BCUT2D eigenvalue weighted by molar-refractivity contribution is 6.33. The topological polar surface area (TPSA) is 32.5 Å². The molecule has 1 aromatic rings. The van der Waals surface area contributed by atoms with Crippen molar-refractivity contribution in [2.24, 2.45) is 0 Å². The Bertz CT molecular complexity index is 387. The fraction of sp³-hybridized carbons (Fsp3) is 0.571. The molecule has 0 bridgehead atoms. The minimum atomic E-state index is 0.645. The Hall–Kier alpha value is -0.770. The highest BCUT2D eigenvalue weighted by Crippen LogP contribution is 2.20. The van der Waals surface area contributed by atoms with E-state index in [2.05, 4.69) is 22.8 Å². The van der Waals surface area contributed by atoms with Gasteiger partial charge in [0.1, 0.15) is 0 Å². The van der Waals surface area contributed by atoms with Crippen LogP contribution in [0.5, 0.6) is 0 Å². The summed E-state index contributed by atoms with van der Waals surface area (Å²) in [7, 11) is 0. The number of nitrogens with two attached hydrogens (primary N) is 1. The molecule has 3 nitrogen and oxygen atoms in total. The zero-order valence-electron chi connectivity index (χ0n) is 11.0. The maximum absolute atomic E-state index is 5.93. The predicted molar refractivity (Wildman–Crippen MR) is 77.9 cm³/mol. The Morgan fingerprint density at radius 3 is 2.44 bits per heavy atom. The standard InChI is InChI=1S/C14H22ClN3/c1-2-5-17-6-8-18(9-7-17)11-12-3-4-13(15)14(16)10-12/h3-4,10H,2,5-9,11,16H2,1H3. The van der Waals surface area contributed by atoms with Crippen molar-refractivity contribution in [2.75, 3.05) is 38.5 Å². The lowest BCUT2D eigenvalue weighted by atomic mass is 10.1. The van der Waals surface area contributed by atoms with Crippen molar-refractivity contribution >= 4 is 17.3 Å². The van der Waals surface area contributed by atoms with E-state index in [1.165, 1.54) is 31.6 Å². The molecule has 1 heterocycles. The quantitative estimate of drug-likeness (QED) is 0.851. The average molecular weight is 268 g/mol. The lowest BCUT2D eigenvalue weighted by molar-refractivity contribution is 0.127. The molecule has 0 spiro atoms. The van der Waals surface area contributed by atoms with Gasteiger partial charge in [0, 0.05) is 32.7 Å². The summed E-state index contributed by atoms with van der Waals surface area (Å²) in [5.74, 6) is 0. The maximum atomic E-state index is 5.93. The van der Waals surface area contributed by atoms with Crippen LogP contribution in [0.15, 0.2) is 18.2 Å². The third-order valence-corrected chi connectivity index (χ3v) is 3.82. The van der Waals surface area contributed by atoms with Gasteiger partial charge in [-0.3, -0.25) is 4.90 Å². The number of hydrogen-bond donors (Lipinski definition) is 1. The Balaban J connectivity index is 1.85.